The van der Waals surface area contributed by atoms with Gasteiger partial charge in [0.25, 0.3) is 0 Å². The molecule has 0 aromatic heterocycles. The van der Waals surface area contributed by atoms with E-state index in [2.05, 4.69) is 18.9 Å². The van der Waals surface area contributed by atoms with Gasteiger partial charge in [0.1, 0.15) is 5.60 Å². The first-order valence-electron chi connectivity index (χ1n) is 14.1. The topological polar surface area (TPSA) is 62.2 Å². The molecule has 6 saturated carbocycles. The lowest BCUT2D eigenvalue weighted by Crippen LogP contribution is -2.82. The number of ether oxygens (including phenoxy) is 2. The molecular weight excluding hydrogens is 414 g/mol. The van der Waals surface area contributed by atoms with Crippen molar-refractivity contribution >= 4 is 0 Å². The maximum Gasteiger partial charge on any atom is 0.100 e. The molecule has 33 heavy (non-hydrogen) atoms. The number of hydrogen-bond acceptors (Lipinski definition) is 5. The van der Waals surface area contributed by atoms with Gasteiger partial charge >= 0.3 is 0 Å². The van der Waals surface area contributed by atoms with Crippen LogP contribution in [-0.4, -0.2) is 71.4 Å². The highest BCUT2D eigenvalue weighted by Crippen LogP contribution is 2.80. The third-order valence-electron chi connectivity index (χ3n) is 13.0. The van der Waals surface area contributed by atoms with Gasteiger partial charge < -0.3 is 24.6 Å². The van der Waals surface area contributed by atoms with Crippen LogP contribution in [-0.2, 0) is 9.47 Å². The number of likely N-dealkylation sites (tertiary alicyclic amines) is 1. The van der Waals surface area contributed by atoms with Crippen LogP contribution in [0.4, 0.5) is 0 Å². The van der Waals surface area contributed by atoms with E-state index in [1.807, 2.05) is 7.11 Å². The first kappa shape index (κ1) is 22.0. The van der Waals surface area contributed by atoms with Crippen LogP contribution in [0.3, 0.4) is 0 Å². The minimum Gasteiger partial charge on any atom is -0.390 e. The van der Waals surface area contributed by atoms with Crippen LogP contribution < -0.4 is 0 Å². The number of rotatable bonds is 3. The van der Waals surface area contributed by atoms with Gasteiger partial charge in [-0.1, -0.05) is 19.3 Å². The Morgan fingerprint density at radius 3 is 2.61 bits per heavy atom. The summed E-state index contributed by atoms with van der Waals surface area (Å²) in [5.41, 5.74) is -0.874. The van der Waals surface area contributed by atoms with Crippen molar-refractivity contribution in [2.75, 3.05) is 20.7 Å². The van der Waals surface area contributed by atoms with Gasteiger partial charge in [-0.2, -0.15) is 0 Å². The molecule has 6 aliphatic carbocycles. The molecule has 2 spiro atoms. The van der Waals surface area contributed by atoms with E-state index in [1.165, 1.54) is 38.5 Å². The van der Waals surface area contributed by atoms with Gasteiger partial charge in [0.05, 0.1) is 23.9 Å². The highest BCUT2D eigenvalue weighted by atomic mass is 16.6. The van der Waals surface area contributed by atoms with Crippen LogP contribution in [0.15, 0.2) is 0 Å². The first-order valence-corrected chi connectivity index (χ1v) is 14.1. The molecule has 8 aliphatic rings. The van der Waals surface area contributed by atoms with Gasteiger partial charge in [-0.15, -0.1) is 0 Å². The van der Waals surface area contributed by atoms with Crippen LogP contribution in [0.5, 0.6) is 0 Å². The molecule has 0 aromatic carbocycles. The first-order chi connectivity index (χ1) is 15.8. The largest absolute Gasteiger partial charge is 0.390 e. The molecule has 4 bridgehead atoms. The molecule has 2 N–H and O–H groups in total. The van der Waals surface area contributed by atoms with Gasteiger partial charge in [-0.25, -0.2) is 0 Å². The fourth-order valence-corrected chi connectivity index (χ4v) is 11.8. The lowest BCUT2D eigenvalue weighted by molar-refractivity contribution is -0.344. The molecule has 0 aromatic rings. The SMILES string of the molecule is COC12CCC3(CC1C(C)(O)C1CCCCC1)C1CC4CCC(O)C5OC2C3(CCN1C)C45. The fraction of sp³-hybridized carbons (Fsp3) is 1.00. The number of piperidine rings is 1. The minimum absolute atomic E-state index is 0.0133. The molecule has 2 heterocycles. The Balaban J connectivity index is 1.40. The molecule has 5 nitrogen and oxygen atoms in total. The molecule has 2 saturated heterocycles. The molecule has 2 aliphatic heterocycles. The fourth-order valence-electron chi connectivity index (χ4n) is 11.8. The Labute approximate surface area is 199 Å². The Morgan fingerprint density at radius 2 is 1.85 bits per heavy atom. The van der Waals surface area contributed by atoms with Crippen LogP contribution in [0.2, 0.25) is 0 Å². The van der Waals surface area contributed by atoms with E-state index in [-0.39, 0.29) is 35.1 Å². The second-order valence-electron chi connectivity index (χ2n) is 13.6. The van der Waals surface area contributed by atoms with E-state index >= 15 is 0 Å². The molecule has 8 fully saturated rings. The normalized spacial score (nSPS) is 57.5. The lowest BCUT2D eigenvalue weighted by atomic mass is 9.30. The molecule has 8 rings (SSSR count). The van der Waals surface area contributed by atoms with Crippen molar-refractivity contribution in [1.82, 2.24) is 4.90 Å². The van der Waals surface area contributed by atoms with Crippen molar-refractivity contribution in [2.24, 2.45) is 34.5 Å². The third kappa shape index (κ3) is 2.39. The van der Waals surface area contributed by atoms with Crippen molar-refractivity contribution in [3.63, 3.8) is 0 Å². The summed E-state index contributed by atoms with van der Waals surface area (Å²) in [4.78, 5) is 2.67. The minimum atomic E-state index is -0.731. The third-order valence-corrected chi connectivity index (χ3v) is 13.0. The Hall–Kier alpha value is -0.200. The number of aliphatic hydroxyl groups is 2. The van der Waals surface area contributed by atoms with E-state index in [1.54, 1.807) is 0 Å². The summed E-state index contributed by atoms with van der Waals surface area (Å²) < 4.78 is 13.8. The second-order valence-corrected chi connectivity index (χ2v) is 13.6. The van der Waals surface area contributed by atoms with Gasteiger partial charge in [0.2, 0.25) is 0 Å². The smallest absolute Gasteiger partial charge is 0.100 e. The quantitative estimate of drug-likeness (QED) is 0.673. The summed E-state index contributed by atoms with van der Waals surface area (Å²) in [5, 5.41) is 23.5. The zero-order chi connectivity index (χ0) is 22.8. The van der Waals surface area contributed by atoms with Crippen molar-refractivity contribution in [1.29, 1.82) is 0 Å². The molecule has 11 atom stereocenters. The van der Waals surface area contributed by atoms with Crippen LogP contribution in [0, 0.1) is 34.5 Å². The van der Waals surface area contributed by atoms with Crippen LogP contribution >= 0.6 is 0 Å². The number of methoxy groups -OCH3 is 1. The summed E-state index contributed by atoms with van der Waals surface area (Å²) in [6.45, 7) is 3.28. The number of fused-ring (bicyclic) bond motifs is 2. The predicted molar refractivity (Wildman–Crippen MR) is 126 cm³/mol. The molecular formula is C28H45NO4. The van der Waals surface area contributed by atoms with E-state index < -0.39 is 11.2 Å². The van der Waals surface area contributed by atoms with E-state index in [0.29, 0.717) is 23.8 Å². The molecule has 11 unspecified atom stereocenters. The van der Waals surface area contributed by atoms with E-state index in [0.717, 1.165) is 45.1 Å². The van der Waals surface area contributed by atoms with Gasteiger partial charge in [0, 0.05) is 24.5 Å². The van der Waals surface area contributed by atoms with Crippen molar-refractivity contribution < 1.29 is 19.7 Å². The Morgan fingerprint density at radius 1 is 1.06 bits per heavy atom. The van der Waals surface area contributed by atoms with Crippen molar-refractivity contribution in [3.05, 3.63) is 0 Å². The van der Waals surface area contributed by atoms with E-state index in [9.17, 15) is 10.2 Å². The molecule has 0 amide bonds. The van der Waals surface area contributed by atoms with Crippen LogP contribution in [0.1, 0.15) is 84.0 Å². The number of hydrogen-bond donors (Lipinski definition) is 2. The van der Waals surface area contributed by atoms with E-state index in [4.69, 9.17) is 9.47 Å². The zero-order valence-electron chi connectivity index (χ0n) is 21.0. The highest BCUT2D eigenvalue weighted by molar-refractivity contribution is 5.33. The monoisotopic (exact) mass is 459 g/mol. The van der Waals surface area contributed by atoms with Crippen molar-refractivity contribution in [3.8, 4) is 0 Å². The lowest BCUT2D eigenvalue weighted by Gasteiger charge is -2.77. The summed E-state index contributed by atoms with van der Waals surface area (Å²) in [7, 11) is 4.25. The predicted octanol–water partition coefficient (Wildman–Crippen LogP) is 3.75. The summed E-state index contributed by atoms with van der Waals surface area (Å²) >= 11 is 0. The Kier molecular flexibility index (Phi) is 4.65. The zero-order valence-corrected chi connectivity index (χ0v) is 21.0. The average Bonchev–Trinajstić information content (AvgIpc) is 3.21. The van der Waals surface area contributed by atoms with Crippen LogP contribution in [0.25, 0.3) is 0 Å². The average molecular weight is 460 g/mol. The number of aliphatic hydroxyl groups excluding tert-OH is 1. The maximum absolute atomic E-state index is 12.4. The highest BCUT2D eigenvalue weighted by Gasteiger charge is 2.84. The second kappa shape index (κ2) is 6.97. The summed E-state index contributed by atoms with van der Waals surface area (Å²) in [5.74, 6) is 1.59. The standard InChI is InChI=1S/C28H45NO4/c1-25(31,18-7-5-4-6-8-18)20-16-26-11-12-28(20,32-3)24-27(26)13-14-29(2)21(26)15-17-9-10-19(30)23(33-24)22(17)27/h17-24,30-31H,4-16H2,1-3H3. The van der Waals surface area contributed by atoms with Gasteiger partial charge in [-0.05, 0) is 101 Å². The number of nitrogens with zero attached hydrogens (tertiary/aromatic N) is 1. The van der Waals surface area contributed by atoms with Gasteiger partial charge in [0.15, 0.2) is 0 Å². The van der Waals surface area contributed by atoms with Gasteiger partial charge in [-0.3, -0.25) is 0 Å². The molecule has 5 heteroatoms. The summed E-state index contributed by atoms with van der Waals surface area (Å²) in [6, 6.07) is 0.576. The summed E-state index contributed by atoms with van der Waals surface area (Å²) in [6.07, 6.45) is 13.4. The van der Waals surface area contributed by atoms with Crippen molar-refractivity contribution in [2.45, 2.75) is 120 Å². The Bertz CT molecular complexity index is 812. The molecule has 186 valence electrons. The maximum atomic E-state index is 12.4. The molecule has 0 radical (unpaired) electrons.